The number of hydrogen-bond donors (Lipinski definition) is 2. The van der Waals surface area contributed by atoms with Crippen LogP contribution in [0.1, 0.15) is 39.7 Å². The van der Waals surface area contributed by atoms with E-state index in [2.05, 4.69) is 47.3 Å². The third-order valence-corrected chi connectivity index (χ3v) is 4.94. The summed E-state index contributed by atoms with van der Waals surface area (Å²) in [5.74, 6) is 0.0801. The second-order valence-electron chi connectivity index (χ2n) is 6.16. The van der Waals surface area contributed by atoms with E-state index in [-0.39, 0.29) is 5.78 Å². The van der Waals surface area contributed by atoms with Crippen molar-refractivity contribution >= 4 is 27.9 Å². The van der Waals surface area contributed by atoms with Crippen LogP contribution in [0.3, 0.4) is 0 Å². The molecule has 0 radical (unpaired) electrons. The van der Waals surface area contributed by atoms with Gasteiger partial charge in [0.25, 0.3) is 0 Å². The van der Waals surface area contributed by atoms with Crippen LogP contribution in [-0.4, -0.2) is 15.8 Å². The number of Topliss-reactive ketones (excluding diaryl/α,β-unsaturated/α-hetero) is 1. The van der Waals surface area contributed by atoms with E-state index in [1.165, 1.54) is 11.1 Å². The van der Waals surface area contributed by atoms with Gasteiger partial charge < -0.3 is 10.3 Å². The van der Waals surface area contributed by atoms with Crippen LogP contribution in [-0.2, 0) is 0 Å². The van der Waals surface area contributed by atoms with Gasteiger partial charge in [0, 0.05) is 22.3 Å². The summed E-state index contributed by atoms with van der Waals surface area (Å²) in [6.45, 7) is 9.64. The average molecular weight is 339 g/mol. The Labute approximate surface area is 146 Å². The smallest absolute Gasteiger partial charge is 0.187 e. The van der Waals surface area contributed by atoms with E-state index in [4.69, 9.17) is 0 Å². The van der Waals surface area contributed by atoms with Crippen LogP contribution in [0.25, 0.3) is 11.4 Å². The van der Waals surface area contributed by atoms with Crippen molar-refractivity contribution in [1.29, 1.82) is 0 Å². The first-order valence-electron chi connectivity index (χ1n) is 7.87. The van der Waals surface area contributed by atoms with E-state index in [9.17, 15) is 4.79 Å². The van der Waals surface area contributed by atoms with Crippen LogP contribution < -0.4 is 5.32 Å². The topological polar surface area (TPSA) is 57.8 Å². The fourth-order valence-corrected chi connectivity index (χ4v) is 3.68. The standard InChI is InChI=1S/C19H21N3OS/c1-10-6-7-11(2)15(8-10)21-19-22-16(9-24-19)18-12(3)17(14(5)23)13(4)20-18/h6-9,20H,1-5H3,(H,21,22). The molecule has 0 aliphatic carbocycles. The highest BCUT2D eigenvalue weighted by Crippen LogP contribution is 2.32. The summed E-state index contributed by atoms with van der Waals surface area (Å²) in [5, 5.41) is 6.25. The monoisotopic (exact) mass is 339 g/mol. The number of benzene rings is 1. The van der Waals surface area contributed by atoms with Gasteiger partial charge in [-0.25, -0.2) is 4.98 Å². The number of carbonyl (C=O) groups excluding carboxylic acids is 1. The van der Waals surface area contributed by atoms with Gasteiger partial charge in [0.1, 0.15) is 5.69 Å². The van der Waals surface area contributed by atoms with Gasteiger partial charge in [0.15, 0.2) is 10.9 Å². The number of anilines is 2. The number of nitrogens with one attached hydrogen (secondary N) is 2. The Morgan fingerprint density at radius 2 is 1.96 bits per heavy atom. The first-order valence-corrected chi connectivity index (χ1v) is 8.75. The largest absolute Gasteiger partial charge is 0.356 e. The van der Waals surface area contributed by atoms with Crippen LogP contribution in [0.4, 0.5) is 10.8 Å². The van der Waals surface area contributed by atoms with E-state index < -0.39 is 0 Å². The molecule has 0 fully saturated rings. The molecular formula is C19H21N3OS. The zero-order chi connectivity index (χ0) is 17.4. The molecule has 0 unspecified atom stereocenters. The van der Waals surface area contributed by atoms with Crippen molar-refractivity contribution in [3.8, 4) is 11.4 Å². The van der Waals surface area contributed by atoms with Crippen molar-refractivity contribution in [1.82, 2.24) is 9.97 Å². The number of thiazole rings is 1. The highest BCUT2D eigenvalue weighted by atomic mass is 32.1. The average Bonchev–Trinajstić information content (AvgIpc) is 3.07. The molecule has 24 heavy (non-hydrogen) atoms. The number of hydrogen-bond acceptors (Lipinski definition) is 4. The molecule has 2 heterocycles. The van der Waals surface area contributed by atoms with Crippen molar-refractivity contribution in [2.24, 2.45) is 0 Å². The molecule has 0 spiro atoms. The lowest BCUT2D eigenvalue weighted by Gasteiger charge is -2.07. The molecule has 0 saturated carbocycles. The predicted octanol–water partition coefficient (Wildman–Crippen LogP) is 5.32. The molecular weight excluding hydrogens is 318 g/mol. The van der Waals surface area contributed by atoms with Crippen LogP contribution in [0.5, 0.6) is 0 Å². The SMILES string of the molecule is CC(=O)c1c(C)[nH]c(-c2csc(Nc3cc(C)ccc3C)n2)c1C. The molecule has 124 valence electrons. The van der Waals surface area contributed by atoms with Crippen LogP contribution >= 0.6 is 11.3 Å². The second-order valence-corrected chi connectivity index (χ2v) is 7.02. The summed E-state index contributed by atoms with van der Waals surface area (Å²) in [5.41, 5.74) is 7.87. The van der Waals surface area contributed by atoms with Crippen molar-refractivity contribution in [2.45, 2.75) is 34.6 Å². The number of carbonyl (C=O) groups is 1. The molecule has 3 aromatic rings. The summed E-state index contributed by atoms with van der Waals surface area (Å²) in [4.78, 5) is 19.8. The maximum atomic E-state index is 11.8. The highest BCUT2D eigenvalue weighted by molar-refractivity contribution is 7.14. The van der Waals surface area contributed by atoms with E-state index >= 15 is 0 Å². The van der Waals surface area contributed by atoms with Crippen molar-refractivity contribution in [3.63, 3.8) is 0 Å². The molecule has 0 aliphatic rings. The molecule has 0 bridgehead atoms. The Balaban J connectivity index is 1.93. The summed E-state index contributed by atoms with van der Waals surface area (Å²) in [7, 11) is 0. The predicted molar refractivity (Wildman–Crippen MR) is 101 cm³/mol. The third-order valence-electron chi connectivity index (χ3n) is 4.18. The van der Waals surface area contributed by atoms with Gasteiger partial charge in [-0.15, -0.1) is 11.3 Å². The van der Waals surface area contributed by atoms with Crippen molar-refractivity contribution in [3.05, 3.63) is 51.5 Å². The number of nitrogens with zero attached hydrogens (tertiary/aromatic N) is 1. The number of aryl methyl sites for hydroxylation is 3. The lowest BCUT2D eigenvalue weighted by molar-refractivity contribution is 0.101. The Hall–Kier alpha value is -2.40. The fraction of sp³-hybridized carbons (Fsp3) is 0.263. The molecule has 0 atom stereocenters. The highest BCUT2D eigenvalue weighted by Gasteiger charge is 2.18. The van der Waals surface area contributed by atoms with E-state index in [1.54, 1.807) is 18.3 Å². The Kier molecular flexibility index (Phi) is 4.28. The Bertz CT molecular complexity index is 921. The molecule has 4 nitrogen and oxygen atoms in total. The van der Waals surface area contributed by atoms with E-state index in [0.29, 0.717) is 0 Å². The Morgan fingerprint density at radius 3 is 2.62 bits per heavy atom. The zero-order valence-electron chi connectivity index (χ0n) is 14.6. The number of ketones is 1. The summed E-state index contributed by atoms with van der Waals surface area (Å²) >= 11 is 1.56. The lowest BCUT2D eigenvalue weighted by atomic mass is 10.1. The minimum absolute atomic E-state index is 0.0801. The quantitative estimate of drug-likeness (QED) is 0.633. The van der Waals surface area contributed by atoms with E-state index in [0.717, 1.165) is 39.0 Å². The molecule has 0 saturated heterocycles. The van der Waals surface area contributed by atoms with Gasteiger partial charge >= 0.3 is 0 Å². The summed E-state index contributed by atoms with van der Waals surface area (Å²) in [6.07, 6.45) is 0. The summed E-state index contributed by atoms with van der Waals surface area (Å²) in [6, 6.07) is 6.32. The zero-order valence-corrected chi connectivity index (χ0v) is 15.4. The number of aromatic amines is 1. The maximum Gasteiger partial charge on any atom is 0.187 e. The van der Waals surface area contributed by atoms with Crippen LogP contribution in [0, 0.1) is 27.7 Å². The van der Waals surface area contributed by atoms with Crippen molar-refractivity contribution < 1.29 is 4.79 Å². The van der Waals surface area contributed by atoms with E-state index in [1.807, 2.05) is 19.2 Å². The van der Waals surface area contributed by atoms with Crippen LogP contribution in [0.2, 0.25) is 0 Å². The molecule has 0 amide bonds. The van der Waals surface area contributed by atoms with Gasteiger partial charge in [0.05, 0.1) is 5.69 Å². The molecule has 2 aromatic heterocycles. The molecule has 1 aromatic carbocycles. The Morgan fingerprint density at radius 1 is 1.21 bits per heavy atom. The maximum absolute atomic E-state index is 11.8. The first kappa shape index (κ1) is 16.5. The summed E-state index contributed by atoms with van der Waals surface area (Å²) < 4.78 is 0. The lowest BCUT2D eigenvalue weighted by Crippen LogP contribution is -1.95. The van der Waals surface area contributed by atoms with Gasteiger partial charge in [0.2, 0.25) is 0 Å². The number of rotatable bonds is 4. The molecule has 0 aliphatic heterocycles. The third kappa shape index (κ3) is 2.99. The minimum atomic E-state index is 0.0801. The molecule has 3 rings (SSSR count). The molecule has 2 N–H and O–H groups in total. The minimum Gasteiger partial charge on any atom is -0.356 e. The van der Waals surface area contributed by atoms with Crippen molar-refractivity contribution in [2.75, 3.05) is 5.32 Å². The van der Waals surface area contributed by atoms with Gasteiger partial charge in [-0.3, -0.25) is 4.79 Å². The van der Waals surface area contributed by atoms with Gasteiger partial charge in [-0.1, -0.05) is 12.1 Å². The normalized spacial score (nSPS) is 10.9. The van der Waals surface area contributed by atoms with Gasteiger partial charge in [-0.2, -0.15) is 0 Å². The number of H-pyrrole nitrogens is 1. The fourth-order valence-electron chi connectivity index (χ4n) is 2.97. The second kappa shape index (κ2) is 6.24. The molecule has 5 heteroatoms. The first-order chi connectivity index (χ1) is 11.4. The van der Waals surface area contributed by atoms with Crippen LogP contribution in [0.15, 0.2) is 23.6 Å². The van der Waals surface area contributed by atoms with Gasteiger partial charge in [-0.05, 0) is 57.4 Å². The number of aromatic nitrogens is 2.